The molecule has 102 valence electrons. The van der Waals surface area contributed by atoms with Gasteiger partial charge in [0, 0.05) is 13.2 Å². The molecule has 0 aromatic heterocycles. The summed E-state index contributed by atoms with van der Waals surface area (Å²) in [5.41, 5.74) is -0.607. The first kappa shape index (κ1) is 13.3. The zero-order valence-electron chi connectivity index (χ0n) is 10.9. The first-order chi connectivity index (χ1) is 8.60. The maximum atomic E-state index is 12.1. The monoisotopic (exact) mass is 254 g/mol. The fraction of sp³-hybridized carbons (Fsp3) is 0.846. The Bertz CT molecular complexity index is 345. The van der Waals surface area contributed by atoms with E-state index in [-0.39, 0.29) is 18.5 Å². The second-order valence-electron chi connectivity index (χ2n) is 5.57. The van der Waals surface area contributed by atoms with E-state index in [1.807, 2.05) is 0 Å². The third kappa shape index (κ3) is 2.23. The van der Waals surface area contributed by atoms with Crippen LogP contribution in [0.15, 0.2) is 0 Å². The van der Waals surface area contributed by atoms with Crippen LogP contribution in [0.1, 0.15) is 45.4 Å². The number of hydrogen-bond acceptors (Lipinski definition) is 3. The molecule has 5 nitrogen and oxygen atoms in total. The summed E-state index contributed by atoms with van der Waals surface area (Å²) in [4.78, 5) is 25.7. The molecule has 3 amide bonds. The third-order valence-electron chi connectivity index (χ3n) is 4.17. The minimum absolute atomic E-state index is 0.122. The molecule has 2 N–H and O–H groups in total. The van der Waals surface area contributed by atoms with Crippen LogP contribution >= 0.6 is 0 Å². The van der Waals surface area contributed by atoms with Crippen molar-refractivity contribution in [2.75, 3.05) is 13.2 Å². The van der Waals surface area contributed by atoms with Crippen molar-refractivity contribution < 1.29 is 14.7 Å². The lowest BCUT2D eigenvalue weighted by Crippen LogP contribution is -2.52. The number of carbonyl (C=O) groups excluding carboxylic acids is 2. The lowest BCUT2D eigenvalue weighted by Gasteiger charge is -2.40. The molecule has 2 atom stereocenters. The average Bonchev–Trinajstić information content (AvgIpc) is 2.53. The highest BCUT2D eigenvalue weighted by Crippen LogP contribution is 2.39. The van der Waals surface area contributed by atoms with Gasteiger partial charge in [0.25, 0.3) is 5.91 Å². The second-order valence-corrected chi connectivity index (χ2v) is 5.57. The summed E-state index contributed by atoms with van der Waals surface area (Å²) in [5, 5.41) is 11.3. The van der Waals surface area contributed by atoms with E-state index in [1.54, 1.807) is 4.90 Å². The Morgan fingerprint density at radius 2 is 2.22 bits per heavy atom. The summed E-state index contributed by atoms with van der Waals surface area (Å²) < 4.78 is 0. The van der Waals surface area contributed by atoms with Crippen LogP contribution in [0, 0.1) is 5.92 Å². The number of nitrogens with zero attached hydrogens (tertiary/aromatic N) is 1. The van der Waals surface area contributed by atoms with E-state index >= 15 is 0 Å². The number of aliphatic hydroxyl groups is 1. The van der Waals surface area contributed by atoms with Crippen molar-refractivity contribution in [1.29, 1.82) is 0 Å². The van der Waals surface area contributed by atoms with Crippen LogP contribution in [0.5, 0.6) is 0 Å². The van der Waals surface area contributed by atoms with Crippen LogP contribution in [0.2, 0.25) is 0 Å². The Kier molecular flexibility index (Phi) is 3.90. The topological polar surface area (TPSA) is 69.6 Å². The van der Waals surface area contributed by atoms with Gasteiger partial charge in [0.15, 0.2) is 0 Å². The lowest BCUT2D eigenvalue weighted by atomic mass is 9.75. The van der Waals surface area contributed by atoms with Crippen molar-refractivity contribution in [3.05, 3.63) is 0 Å². The fourth-order valence-corrected chi connectivity index (χ4v) is 3.27. The molecule has 2 rings (SSSR count). The quantitative estimate of drug-likeness (QED) is 0.586. The fourth-order valence-electron chi connectivity index (χ4n) is 3.27. The van der Waals surface area contributed by atoms with Gasteiger partial charge in [-0.3, -0.25) is 10.1 Å². The first-order valence-corrected chi connectivity index (χ1v) is 6.84. The largest absolute Gasteiger partial charge is 0.396 e. The van der Waals surface area contributed by atoms with E-state index in [1.165, 1.54) is 0 Å². The zero-order chi connectivity index (χ0) is 13.2. The molecule has 1 heterocycles. The Labute approximate surface area is 108 Å². The van der Waals surface area contributed by atoms with Crippen LogP contribution in [-0.2, 0) is 4.79 Å². The second kappa shape index (κ2) is 5.26. The lowest BCUT2D eigenvalue weighted by molar-refractivity contribution is -0.129. The maximum absolute atomic E-state index is 12.1. The van der Waals surface area contributed by atoms with Gasteiger partial charge in [-0.15, -0.1) is 0 Å². The van der Waals surface area contributed by atoms with Gasteiger partial charge in [0.2, 0.25) is 0 Å². The Morgan fingerprint density at radius 1 is 1.44 bits per heavy atom. The summed E-state index contributed by atoms with van der Waals surface area (Å²) in [5.74, 6) is 0.360. The molecule has 0 aromatic rings. The third-order valence-corrected chi connectivity index (χ3v) is 4.17. The summed E-state index contributed by atoms with van der Waals surface area (Å²) in [7, 11) is 0. The van der Waals surface area contributed by atoms with E-state index in [9.17, 15) is 9.59 Å². The Hall–Kier alpha value is -1.10. The van der Waals surface area contributed by atoms with Crippen molar-refractivity contribution in [2.45, 2.75) is 51.0 Å². The molecule has 2 fully saturated rings. The molecular formula is C13H22N2O3. The molecule has 0 bridgehead atoms. The van der Waals surface area contributed by atoms with Crippen molar-refractivity contribution in [3.8, 4) is 0 Å². The number of nitrogens with one attached hydrogen (secondary N) is 1. The normalized spacial score (nSPS) is 32.1. The summed E-state index contributed by atoms with van der Waals surface area (Å²) in [6.07, 6.45) is 5.08. The highest BCUT2D eigenvalue weighted by Gasteiger charge is 2.53. The van der Waals surface area contributed by atoms with Crippen molar-refractivity contribution in [2.24, 2.45) is 5.92 Å². The number of urea groups is 1. The number of carbonyl (C=O) groups is 2. The molecule has 1 spiro atoms. The summed E-state index contributed by atoms with van der Waals surface area (Å²) in [6.45, 7) is 2.83. The Balaban J connectivity index is 2.13. The molecule has 1 aliphatic heterocycles. The van der Waals surface area contributed by atoms with E-state index < -0.39 is 5.54 Å². The molecule has 2 unspecified atom stereocenters. The van der Waals surface area contributed by atoms with Gasteiger partial charge >= 0.3 is 6.03 Å². The van der Waals surface area contributed by atoms with E-state index in [0.717, 1.165) is 32.1 Å². The minimum Gasteiger partial charge on any atom is -0.396 e. The molecule has 18 heavy (non-hydrogen) atoms. The van der Waals surface area contributed by atoms with Gasteiger partial charge < -0.3 is 10.0 Å². The smallest absolute Gasteiger partial charge is 0.325 e. The Morgan fingerprint density at radius 3 is 2.89 bits per heavy atom. The average molecular weight is 254 g/mol. The highest BCUT2D eigenvalue weighted by molar-refractivity contribution is 6.07. The summed E-state index contributed by atoms with van der Waals surface area (Å²) >= 11 is 0. The molecular weight excluding hydrogens is 232 g/mol. The van der Waals surface area contributed by atoms with Crippen LogP contribution in [-0.4, -0.2) is 40.6 Å². The number of amides is 3. The van der Waals surface area contributed by atoms with Crippen molar-refractivity contribution in [1.82, 2.24) is 10.2 Å². The van der Waals surface area contributed by atoms with Gasteiger partial charge in [-0.1, -0.05) is 19.8 Å². The number of aliphatic hydroxyl groups excluding tert-OH is 1. The summed E-state index contributed by atoms with van der Waals surface area (Å²) in [6, 6.07) is -0.257. The maximum Gasteiger partial charge on any atom is 0.325 e. The molecule has 0 radical (unpaired) electrons. The molecule has 5 heteroatoms. The van der Waals surface area contributed by atoms with Crippen LogP contribution in [0.25, 0.3) is 0 Å². The van der Waals surface area contributed by atoms with E-state index in [2.05, 4.69) is 12.2 Å². The number of rotatable bonds is 4. The van der Waals surface area contributed by atoms with Gasteiger partial charge in [-0.2, -0.15) is 0 Å². The number of imide groups is 1. The SMILES string of the molecule is CC1CCCC2(C1)C(=O)NC(=O)N2CCCCO. The predicted molar refractivity (Wildman–Crippen MR) is 66.9 cm³/mol. The van der Waals surface area contributed by atoms with Gasteiger partial charge in [-0.25, -0.2) is 4.79 Å². The molecule has 2 aliphatic rings. The molecule has 1 saturated carbocycles. The minimum atomic E-state index is -0.607. The van der Waals surface area contributed by atoms with Gasteiger partial charge in [-0.05, 0) is 31.6 Å². The zero-order valence-corrected chi connectivity index (χ0v) is 10.9. The van der Waals surface area contributed by atoms with Crippen molar-refractivity contribution in [3.63, 3.8) is 0 Å². The standard InChI is InChI=1S/C13H22N2O3/c1-10-5-4-6-13(9-10)11(17)14-12(18)15(13)7-2-3-8-16/h10,16H,2-9H2,1H3,(H,14,17,18). The van der Waals surface area contributed by atoms with E-state index in [4.69, 9.17) is 5.11 Å². The molecule has 1 aliphatic carbocycles. The van der Waals surface area contributed by atoms with Crippen LogP contribution in [0.3, 0.4) is 0 Å². The van der Waals surface area contributed by atoms with Gasteiger partial charge in [0.05, 0.1) is 0 Å². The predicted octanol–water partition coefficient (Wildman–Crippen LogP) is 1.26. The number of unbranched alkanes of at least 4 members (excludes halogenated alkanes) is 1. The first-order valence-electron chi connectivity index (χ1n) is 6.84. The van der Waals surface area contributed by atoms with Crippen LogP contribution < -0.4 is 5.32 Å². The van der Waals surface area contributed by atoms with Gasteiger partial charge in [0.1, 0.15) is 5.54 Å². The molecule has 1 saturated heterocycles. The highest BCUT2D eigenvalue weighted by atomic mass is 16.3. The number of hydrogen-bond donors (Lipinski definition) is 2. The van der Waals surface area contributed by atoms with E-state index in [0.29, 0.717) is 18.9 Å². The van der Waals surface area contributed by atoms with Crippen molar-refractivity contribution >= 4 is 11.9 Å². The molecule has 0 aromatic carbocycles. The van der Waals surface area contributed by atoms with Crippen LogP contribution in [0.4, 0.5) is 4.79 Å².